The van der Waals surface area contributed by atoms with Crippen LogP contribution in [0.3, 0.4) is 0 Å². The molecule has 0 unspecified atom stereocenters. The zero-order valence-corrected chi connectivity index (χ0v) is 15.3. The van der Waals surface area contributed by atoms with Gasteiger partial charge in [0, 0.05) is 24.8 Å². The SMILES string of the molecule is C=CN(/C=C\C)CCCNCc1ccn(Cc2ccccc2)c(=O)c1O. The van der Waals surface area contributed by atoms with E-state index in [9.17, 15) is 9.90 Å². The number of aromatic hydroxyl groups is 1. The molecule has 0 amide bonds. The highest BCUT2D eigenvalue weighted by molar-refractivity contribution is 5.29. The molecule has 5 heteroatoms. The lowest BCUT2D eigenvalue weighted by Crippen LogP contribution is -2.24. The number of hydrogen-bond donors (Lipinski definition) is 2. The van der Waals surface area contributed by atoms with Gasteiger partial charge in [0.1, 0.15) is 0 Å². The van der Waals surface area contributed by atoms with Crippen LogP contribution in [0.15, 0.2) is 72.4 Å². The third-order valence-corrected chi connectivity index (χ3v) is 4.08. The molecule has 0 saturated heterocycles. The summed E-state index contributed by atoms with van der Waals surface area (Å²) >= 11 is 0. The van der Waals surface area contributed by atoms with Gasteiger partial charge in [-0.1, -0.05) is 43.0 Å². The lowest BCUT2D eigenvalue weighted by Gasteiger charge is -2.15. The maximum Gasteiger partial charge on any atom is 0.293 e. The van der Waals surface area contributed by atoms with E-state index in [4.69, 9.17) is 0 Å². The summed E-state index contributed by atoms with van der Waals surface area (Å²) in [5.41, 5.74) is 1.28. The molecule has 0 bridgehead atoms. The molecule has 1 heterocycles. The molecule has 5 nitrogen and oxygen atoms in total. The number of nitrogens with one attached hydrogen (secondary N) is 1. The minimum absolute atomic E-state index is 0.183. The van der Waals surface area contributed by atoms with Crippen LogP contribution < -0.4 is 10.9 Å². The first-order valence-electron chi connectivity index (χ1n) is 8.82. The Morgan fingerprint density at radius 1 is 1.27 bits per heavy atom. The van der Waals surface area contributed by atoms with E-state index in [1.54, 1.807) is 18.5 Å². The number of rotatable bonds is 10. The Morgan fingerprint density at radius 3 is 2.73 bits per heavy atom. The van der Waals surface area contributed by atoms with Gasteiger partial charge in [-0.2, -0.15) is 0 Å². The van der Waals surface area contributed by atoms with E-state index in [1.807, 2.05) is 54.4 Å². The van der Waals surface area contributed by atoms with Crippen LogP contribution in [0.25, 0.3) is 0 Å². The molecule has 2 rings (SSSR count). The minimum atomic E-state index is -0.362. The molecule has 1 aromatic heterocycles. The van der Waals surface area contributed by atoms with Crippen LogP contribution in [0.2, 0.25) is 0 Å². The normalized spacial score (nSPS) is 11.0. The van der Waals surface area contributed by atoms with Gasteiger partial charge < -0.3 is 19.9 Å². The van der Waals surface area contributed by atoms with Crippen molar-refractivity contribution in [3.8, 4) is 5.75 Å². The van der Waals surface area contributed by atoms with Crippen molar-refractivity contribution in [1.29, 1.82) is 0 Å². The Labute approximate surface area is 154 Å². The fraction of sp³-hybridized carbons (Fsp3) is 0.286. The maximum atomic E-state index is 12.3. The van der Waals surface area contributed by atoms with E-state index in [2.05, 4.69) is 11.9 Å². The number of allylic oxidation sites excluding steroid dienone is 1. The van der Waals surface area contributed by atoms with Crippen molar-refractivity contribution in [2.45, 2.75) is 26.4 Å². The van der Waals surface area contributed by atoms with Gasteiger partial charge in [0.15, 0.2) is 5.75 Å². The summed E-state index contributed by atoms with van der Waals surface area (Å²) in [5.74, 6) is -0.183. The summed E-state index contributed by atoms with van der Waals surface area (Å²) in [4.78, 5) is 14.4. The van der Waals surface area contributed by atoms with E-state index in [-0.39, 0.29) is 11.3 Å². The van der Waals surface area contributed by atoms with Crippen LogP contribution in [0.4, 0.5) is 0 Å². The van der Waals surface area contributed by atoms with Crippen molar-refractivity contribution in [2.75, 3.05) is 13.1 Å². The smallest absolute Gasteiger partial charge is 0.293 e. The molecule has 0 aliphatic rings. The molecule has 2 aromatic rings. The van der Waals surface area contributed by atoms with Gasteiger partial charge in [-0.15, -0.1) is 0 Å². The largest absolute Gasteiger partial charge is 0.503 e. The fourth-order valence-electron chi connectivity index (χ4n) is 2.68. The van der Waals surface area contributed by atoms with Gasteiger partial charge in [0.05, 0.1) is 6.54 Å². The topological polar surface area (TPSA) is 57.5 Å². The predicted octanol–water partition coefficient (Wildman–Crippen LogP) is 3.06. The fourth-order valence-corrected chi connectivity index (χ4v) is 2.68. The Bertz CT molecular complexity index is 782. The van der Waals surface area contributed by atoms with E-state index >= 15 is 0 Å². The number of benzene rings is 1. The standard InChI is InChI=1S/C21H27N3O2/c1-3-13-23(4-2)14-8-12-22-16-19-11-15-24(21(26)20(19)25)17-18-9-6-5-7-10-18/h3-7,9-11,13,15,22,25H,2,8,12,14,16-17H2,1H3/b13-3-. The van der Waals surface area contributed by atoms with Crippen molar-refractivity contribution in [2.24, 2.45) is 0 Å². The Hall–Kier alpha value is -2.79. The molecule has 0 aliphatic heterocycles. The second-order valence-corrected chi connectivity index (χ2v) is 6.04. The zero-order valence-electron chi connectivity index (χ0n) is 15.3. The Kier molecular flexibility index (Phi) is 7.71. The number of hydrogen-bond acceptors (Lipinski definition) is 4. The first kappa shape index (κ1) is 19.5. The van der Waals surface area contributed by atoms with Gasteiger partial charge in [-0.05, 0) is 43.9 Å². The highest BCUT2D eigenvalue weighted by Gasteiger charge is 2.08. The van der Waals surface area contributed by atoms with Gasteiger partial charge >= 0.3 is 0 Å². The van der Waals surface area contributed by atoms with E-state index < -0.39 is 0 Å². The average molecular weight is 353 g/mol. The van der Waals surface area contributed by atoms with Crippen molar-refractivity contribution >= 4 is 0 Å². The number of nitrogens with zero attached hydrogens (tertiary/aromatic N) is 2. The summed E-state index contributed by atoms with van der Waals surface area (Å²) in [6, 6.07) is 11.5. The molecule has 0 fully saturated rings. The van der Waals surface area contributed by atoms with Gasteiger partial charge in [-0.25, -0.2) is 0 Å². The molecule has 0 atom stereocenters. The van der Waals surface area contributed by atoms with Crippen molar-refractivity contribution in [3.05, 3.63) is 89.1 Å². The van der Waals surface area contributed by atoms with Crippen LogP contribution in [0.5, 0.6) is 5.75 Å². The third kappa shape index (κ3) is 5.63. The second-order valence-electron chi connectivity index (χ2n) is 6.04. The quantitative estimate of drug-likeness (QED) is 0.645. The Morgan fingerprint density at radius 2 is 2.04 bits per heavy atom. The summed E-state index contributed by atoms with van der Waals surface area (Å²) in [6.07, 6.45) is 8.40. The molecule has 0 radical (unpaired) electrons. The average Bonchev–Trinajstić information content (AvgIpc) is 2.66. The molecular weight excluding hydrogens is 326 g/mol. The second kappa shape index (κ2) is 10.3. The first-order chi connectivity index (χ1) is 12.7. The summed E-state index contributed by atoms with van der Waals surface area (Å²) in [5, 5.41) is 13.5. The molecule has 0 saturated carbocycles. The molecule has 138 valence electrons. The van der Waals surface area contributed by atoms with Gasteiger partial charge in [0.2, 0.25) is 0 Å². The van der Waals surface area contributed by atoms with Crippen molar-refractivity contribution in [3.63, 3.8) is 0 Å². The van der Waals surface area contributed by atoms with Crippen molar-refractivity contribution < 1.29 is 5.11 Å². The molecule has 0 spiro atoms. The molecule has 26 heavy (non-hydrogen) atoms. The number of aromatic nitrogens is 1. The first-order valence-corrected chi connectivity index (χ1v) is 8.82. The van der Waals surface area contributed by atoms with Crippen LogP contribution in [0.1, 0.15) is 24.5 Å². The molecule has 1 aromatic carbocycles. The van der Waals surface area contributed by atoms with E-state index in [0.29, 0.717) is 18.7 Å². The van der Waals surface area contributed by atoms with Crippen LogP contribution in [-0.2, 0) is 13.1 Å². The van der Waals surface area contributed by atoms with Crippen LogP contribution in [-0.4, -0.2) is 27.7 Å². The minimum Gasteiger partial charge on any atom is -0.503 e. The molecule has 0 aliphatic carbocycles. The molecule has 2 N–H and O–H groups in total. The van der Waals surface area contributed by atoms with Crippen LogP contribution >= 0.6 is 0 Å². The summed E-state index contributed by atoms with van der Waals surface area (Å²) < 4.78 is 1.52. The maximum absolute atomic E-state index is 12.3. The van der Waals surface area contributed by atoms with Crippen molar-refractivity contribution in [1.82, 2.24) is 14.8 Å². The highest BCUT2D eigenvalue weighted by Crippen LogP contribution is 2.11. The Balaban J connectivity index is 1.88. The number of pyridine rings is 1. The summed E-state index contributed by atoms with van der Waals surface area (Å²) in [7, 11) is 0. The van der Waals surface area contributed by atoms with E-state index in [0.717, 1.165) is 25.1 Å². The monoisotopic (exact) mass is 353 g/mol. The third-order valence-electron chi connectivity index (χ3n) is 4.08. The lowest BCUT2D eigenvalue weighted by molar-refractivity contribution is 0.444. The highest BCUT2D eigenvalue weighted by atomic mass is 16.3. The zero-order chi connectivity index (χ0) is 18.8. The predicted molar refractivity (Wildman–Crippen MR) is 106 cm³/mol. The summed E-state index contributed by atoms with van der Waals surface area (Å²) in [6.45, 7) is 8.30. The lowest BCUT2D eigenvalue weighted by atomic mass is 10.2. The molecular formula is C21H27N3O2. The van der Waals surface area contributed by atoms with E-state index in [1.165, 1.54) is 4.57 Å². The van der Waals surface area contributed by atoms with Crippen LogP contribution in [0, 0.1) is 0 Å². The van der Waals surface area contributed by atoms with Gasteiger partial charge in [0.25, 0.3) is 5.56 Å². The van der Waals surface area contributed by atoms with Gasteiger partial charge in [-0.3, -0.25) is 4.79 Å².